The summed E-state index contributed by atoms with van der Waals surface area (Å²) in [5.74, 6) is -0.836. The summed E-state index contributed by atoms with van der Waals surface area (Å²) < 4.78 is 33.3. The first-order chi connectivity index (χ1) is 13.2. The van der Waals surface area contributed by atoms with E-state index in [1.165, 1.54) is 56.5 Å². The van der Waals surface area contributed by atoms with E-state index in [0.717, 1.165) is 4.90 Å². The number of Topliss-reactive ketones (excluding diaryl/α,β-unsaturated/α-hetero) is 1. The van der Waals surface area contributed by atoms with Gasteiger partial charge in [0.15, 0.2) is 5.78 Å². The molecule has 0 aliphatic carbocycles. The molecule has 9 heteroatoms. The normalized spacial score (nSPS) is 14.3. The van der Waals surface area contributed by atoms with Gasteiger partial charge in [-0.1, -0.05) is 0 Å². The highest BCUT2D eigenvalue weighted by molar-refractivity contribution is 7.92. The van der Waals surface area contributed by atoms with Crippen LogP contribution in [0.4, 0.5) is 11.4 Å². The summed E-state index contributed by atoms with van der Waals surface area (Å²) >= 11 is 0. The predicted octanol–water partition coefficient (Wildman–Crippen LogP) is 2.35. The first-order valence-corrected chi connectivity index (χ1v) is 9.89. The molecule has 28 heavy (non-hydrogen) atoms. The average molecular weight is 402 g/mol. The third-order valence-electron chi connectivity index (χ3n) is 4.29. The van der Waals surface area contributed by atoms with Crippen molar-refractivity contribution in [2.24, 2.45) is 0 Å². The summed E-state index contributed by atoms with van der Waals surface area (Å²) in [4.78, 5) is 36.0. The Balaban J connectivity index is 1.98. The van der Waals surface area contributed by atoms with E-state index in [2.05, 4.69) is 4.72 Å². The molecule has 2 aromatic rings. The Labute approximate surface area is 162 Å². The smallest absolute Gasteiger partial charge is 0.265 e. The van der Waals surface area contributed by atoms with Crippen LogP contribution in [0.1, 0.15) is 30.1 Å². The molecule has 1 N–H and O–H groups in total. The van der Waals surface area contributed by atoms with Crippen molar-refractivity contribution in [3.05, 3.63) is 48.0 Å². The molecule has 0 saturated carbocycles. The number of carbonyl (C=O) groups is 3. The number of sulfonamides is 1. The molecule has 1 aliphatic rings. The van der Waals surface area contributed by atoms with Crippen LogP contribution in [0.15, 0.2) is 47.4 Å². The minimum Gasteiger partial charge on any atom is -0.495 e. The van der Waals surface area contributed by atoms with E-state index in [4.69, 9.17) is 4.74 Å². The number of nitrogens with zero attached hydrogens (tertiary/aromatic N) is 1. The van der Waals surface area contributed by atoms with Crippen molar-refractivity contribution in [2.75, 3.05) is 16.7 Å². The molecule has 0 unspecified atom stereocenters. The second-order valence-electron chi connectivity index (χ2n) is 6.20. The predicted molar refractivity (Wildman–Crippen MR) is 102 cm³/mol. The Kier molecular flexibility index (Phi) is 5.19. The van der Waals surface area contributed by atoms with Crippen LogP contribution >= 0.6 is 0 Å². The van der Waals surface area contributed by atoms with Crippen molar-refractivity contribution in [2.45, 2.75) is 24.7 Å². The molecule has 0 bridgehead atoms. The van der Waals surface area contributed by atoms with Gasteiger partial charge in [-0.15, -0.1) is 0 Å². The molecular weight excluding hydrogens is 384 g/mol. The van der Waals surface area contributed by atoms with E-state index < -0.39 is 10.0 Å². The number of ketones is 1. The lowest BCUT2D eigenvalue weighted by Gasteiger charge is -2.17. The van der Waals surface area contributed by atoms with Crippen LogP contribution in [0.2, 0.25) is 0 Å². The number of nitrogens with one attached hydrogen (secondary N) is 1. The molecule has 2 aromatic carbocycles. The second-order valence-corrected chi connectivity index (χ2v) is 7.85. The Hall–Kier alpha value is -3.20. The fraction of sp³-hybridized carbons (Fsp3) is 0.211. The average Bonchev–Trinajstić information content (AvgIpc) is 2.99. The lowest BCUT2D eigenvalue weighted by Crippen LogP contribution is -2.28. The number of imide groups is 1. The standard InChI is InChI=1S/C19H18N2O6S/c1-12(22)13-3-5-14(6-4-13)20-28(25,26)17-11-15(7-8-16(17)27-2)21-18(23)9-10-19(21)24/h3-8,11,20H,9-10H2,1-2H3. The quantitative estimate of drug-likeness (QED) is 0.587. The van der Waals surface area contributed by atoms with E-state index in [-0.39, 0.29) is 52.5 Å². The Morgan fingerprint density at radius 2 is 1.64 bits per heavy atom. The molecule has 0 spiro atoms. The molecule has 1 heterocycles. The van der Waals surface area contributed by atoms with Crippen LogP contribution in [0.3, 0.4) is 0 Å². The van der Waals surface area contributed by atoms with Crippen molar-refractivity contribution < 1.29 is 27.5 Å². The summed E-state index contributed by atoms with van der Waals surface area (Å²) in [6.07, 6.45) is 0.182. The van der Waals surface area contributed by atoms with Crippen molar-refractivity contribution in [1.29, 1.82) is 0 Å². The van der Waals surface area contributed by atoms with Crippen molar-refractivity contribution >= 4 is 39.0 Å². The van der Waals surface area contributed by atoms with Gasteiger partial charge in [0.1, 0.15) is 10.6 Å². The highest BCUT2D eigenvalue weighted by atomic mass is 32.2. The molecular formula is C19H18N2O6S. The number of anilines is 2. The van der Waals surface area contributed by atoms with Gasteiger partial charge in [-0.25, -0.2) is 8.42 Å². The van der Waals surface area contributed by atoms with Crippen LogP contribution in [-0.2, 0) is 19.6 Å². The number of methoxy groups -OCH3 is 1. The number of hydrogen-bond donors (Lipinski definition) is 1. The number of carbonyl (C=O) groups excluding carboxylic acids is 3. The molecule has 146 valence electrons. The fourth-order valence-corrected chi connectivity index (χ4v) is 4.11. The molecule has 0 atom stereocenters. The lowest BCUT2D eigenvalue weighted by molar-refractivity contribution is -0.121. The SMILES string of the molecule is COc1ccc(N2C(=O)CCC2=O)cc1S(=O)(=O)Nc1ccc(C(C)=O)cc1. The zero-order valence-corrected chi connectivity index (χ0v) is 16.1. The van der Waals surface area contributed by atoms with Crippen molar-refractivity contribution in [1.82, 2.24) is 0 Å². The van der Waals surface area contributed by atoms with E-state index in [9.17, 15) is 22.8 Å². The summed E-state index contributed by atoms with van der Waals surface area (Å²) in [6.45, 7) is 1.41. The molecule has 2 amide bonds. The van der Waals surface area contributed by atoms with Crippen molar-refractivity contribution in [3.63, 3.8) is 0 Å². The molecule has 0 aromatic heterocycles. The van der Waals surface area contributed by atoms with Crippen LogP contribution in [0, 0.1) is 0 Å². The van der Waals surface area contributed by atoms with Gasteiger partial charge in [-0.3, -0.25) is 24.0 Å². The van der Waals surface area contributed by atoms with E-state index in [1.807, 2.05) is 0 Å². The molecule has 1 fully saturated rings. The maximum absolute atomic E-state index is 12.9. The van der Waals surface area contributed by atoms with E-state index in [0.29, 0.717) is 5.56 Å². The minimum absolute atomic E-state index is 0.0655. The fourth-order valence-electron chi connectivity index (χ4n) is 2.86. The molecule has 0 radical (unpaired) electrons. The number of rotatable bonds is 6. The van der Waals surface area contributed by atoms with Crippen LogP contribution in [-0.4, -0.2) is 33.1 Å². The van der Waals surface area contributed by atoms with E-state index >= 15 is 0 Å². The third-order valence-corrected chi connectivity index (χ3v) is 5.69. The second kappa shape index (κ2) is 7.43. The zero-order valence-electron chi connectivity index (χ0n) is 15.3. The van der Waals surface area contributed by atoms with Gasteiger partial charge in [-0.2, -0.15) is 0 Å². The van der Waals surface area contributed by atoms with Gasteiger partial charge >= 0.3 is 0 Å². The molecule has 8 nitrogen and oxygen atoms in total. The Bertz CT molecular complexity index is 1040. The highest BCUT2D eigenvalue weighted by Gasteiger charge is 2.32. The maximum atomic E-state index is 12.9. The van der Waals surface area contributed by atoms with Crippen LogP contribution < -0.4 is 14.4 Å². The highest BCUT2D eigenvalue weighted by Crippen LogP contribution is 2.32. The minimum atomic E-state index is -4.09. The first kappa shape index (κ1) is 19.6. The van der Waals surface area contributed by atoms with Crippen LogP contribution in [0.25, 0.3) is 0 Å². The van der Waals surface area contributed by atoms with Gasteiger partial charge in [0.05, 0.1) is 12.8 Å². The summed E-state index contributed by atoms with van der Waals surface area (Å²) in [6, 6.07) is 10.0. The summed E-state index contributed by atoms with van der Waals surface area (Å²) in [5, 5.41) is 0. The third kappa shape index (κ3) is 3.74. The number of amides is 2. The van der Waals surface area contributed by atoms with Crippen LogP contribution in [0.5, 0.6) is 5.75 Å². The number of hydrogen-bond acceptors (Lipinski definition) is 6. The zero-order chi connectivity index (χ0) is 20.5. The summed E-state index contributed by atoms with van der Waals surface area (Å²) in [7, 11) is -2.76. The first-order valence-electron chi connectivity index (χ1n) is 8.40. The Morgan fingerprint density at radius 1 is 1.04 bits per heavy atom. The number of benzene rings is 2. The topological polar surface area (TPSA) is 110 Å². The van der Waals surface area contributed by atoms with Crippen molar-refractivity contribution in [3.8, 4) is 5.75 Å². The van der Waals surface area contributed by atoms with Gasteiger partial charge < -0.3 is 4.74 Å². The lowest BCUT2D eigenvalue weighted by atomic mass is 10.1. The summed E-state index contributed by atoms with van der Waals surface area (Å²) in [5.41, 5.74) is 0.875. The molecule has 1 aliphatic heterocycles. The Morgan fingerprint density at radius 3 is 2.18 bits per heavy atom. The van der Waals surface area contributed by atoms with Gasteiger partial charge in [-0.05, 0) is 49.4 Å². The van der Waals surface area contributed by atoms with Gasteiger partial charge in [0.25, 0.3) is 10.0 Å². The number of ether oxygens (including phenoxy) is 1. The molecule has 1 saturated heterocycles. The van der Waals surface area contributed by atoms with Gasteiger partial charge in [0, 0.05) is 24.1 Å². The molecule has 3 rings (SSSR count). The largest absolute Gasteiger partial charge is 0.495 e. The monoisotopic (exact) mass is 402 g/mol. The maximum Gasteiger partial charge on any atom is 0.265 e. The van der Waals surface area contributed by atoms with E-state index in [1.54, 1.807) is 0 Å². The van der Waals surface area contributed by atoms with Gasteiger partial charge in [0.2, 0.25) is 11.8 Å².